The van der Waals surface area contributed by atoms with Gasteiger partial charge >= 0.3 is 5.97 Å². The molecule has 1 aliphatic rings. The highest BCUT2D eigenvalue weighted by atomic mass is 19.1. The molecule has 2 rings (SSSR count). The Bertz CT molecular complexity index is 498. The molecule has 2 heterocycles. The molecule has 1 saturated heterocycles. The maximum absolute atomic E-state index is 13.1. The number of rotatable bonds is 2. The minimum atomic E-state index is -1.13. The molecule has 6 heteroatoms. The first-order valence-corrected chi connectivity index (χ1v) is 5.11. The van der Waals surface area contributed by atoms with Crippen LogP contribution in [-0.4, -0.2) is 35.3 Å². The van der Waals surface area contributed by atoms with E-state index in [9.17, 15) is 9.18 Å². The maximum atomic E-state index is 13.1. The van der Waals surface area contributed by atoms with E-state index in [0.717, 1.165) is 0 Å². The summed E-state index contributed by atoms with van der Waals surface area (Å²) in [4.78, 5) is 19.6. The lowest BCUT2D eigenvalue weighted by Gasteiger charge is -2.18. The van der Waals surface area contributed by atoms with E-state index >= 15 is 0 Å². The summed E-state index contributed by atoms with van der Waals surface area (Å²) in [5.74, 6) is -1.10. The van der Waals surface area contributed by atoms with Gasteiger partial charge in [0.1, 0.15) is 12.4 Å². The van der Waals surface area contributed by atoms with Gasteiger partial charge in [0, 0.05) is 13.1 Å². The molecule has 5 nitrogen and oxygen atoms in total. The molecule has 0 bridgehead atoms. The molecule has 1 aromatic heterocycles. The van der Waals surface area contributed by atoms with Gasteiger partial charge in [-0.05, 0) is 12.5 Å². The summed E-state index contributed by atoms with van der Waals surface area (Å²) in [6, 6.07) is 1.22. The van der Waals surface area contributed by atoms with Crippen LogP contribution in [0.15, 0.2) is 12.3 Å². The van der Waals surface area contributed by atoms with Crippen LogP contribution in [-0.2, 0) is 0 Å². The zero-order chi connectivity index (χ0) is 12.4. The number of halogens is 1. The molecule has 0 saturated carbocycles. The Hall–Kier alpha value is -2.16. The van der Waals surface area contributed by atoms with Gasteiger partial charge in [-0.25, -0.2) is 9.18 Å². The molecule has 1 unspecified atom stereocenters. The Labute approximate surface area is 97.3 Å². The Balaban J connectivity index is 2.40. The fourth-order valence-corrected chi connectivity index (χ4v) is 1.86. The molecule has 1 aromatic rings. The average molecular weight is 235 g/mol. The monoisotopic (exact) mass is 235 g/mol. The van der Waals surface area contributed by atoms with Crippen molar-refractivity contribution in [1.82, 2.24) is 4.98 Å². The number of carboxylic acids is 1. The Kier molecular flexibility index (Phi) is 2.91. The fourth-order valence-electron chi connectivity index (χ4n) is 1.86. The number of hydrogen-bond donors (Lipinski definition) is 1. The SMILES string of the molecule is [C-]#[N+]c1cc(C(=O)O)c(N2CCC(F)C2)cn1. The molecule has 1 fully saturated rings. The van der Waals surface area contributed by atoms with Crippen LogP contribution in [0.25, 0.3) is 4.85 Å². The first-order valence-electron chi connectivity index (χ1n) is 5.11. The van der Waals surface area contributed by atoms with Crippen LogP contribution in [0.3, 0.4) is 0 Å². The van der Waals surface area contributed by atoms with Crippen molar-refractivity contribution >= 4 is 17.5 Å². The van der Waals surface area contributed by atoms with Gasteiger partial charge in [0.05, 0.1) is 11.3 Å². The Morgan fingerprint density at radius 1 is 1.71 bits per heavy atom. The van der Waals surface area contributed by atoms with Crippen LogP contribution >= 0.6 is 0 Å². The predicted molar refractivity (Wildman–Crippen MR) is 59.2 cm³/mol. The normalized spacial score (nSPS) is 19.1. The quantitative estimate of drug-likeness (QED) is 0.795. The van der Waals surface area contributed by atoms with Crippen molar-refractivity contribution in [3.8, 4) is 0 Å². The second-order valence-electron chi connectivity index (χ2n) is 3.81. The number of anilines is 1. The summed E-state index contributed by atoms with van der Waals surface area (Å²) in [6.07, 6.45) is 0.788. The third-order valence-electron chi connectivity index (χ3n) is 2.68. The lowest BCUT2D eigenvalue weighted by molar-refractivity contribution is 0.0697. The van der Waals surface area contributed by atoms with E-state index in [0.29, 0.717) is 18.7 Å². The van der Waals surface area contributed by atoms with E-state index in [1.54, 1.807) is 4.90 Å². The third kappa shape index (κ3) is 2.18. The summed E-state index contributed by atoms with van der Waals surface area (Å²) in [5, 5.41) is 9.06. The van der Waals surface area contributed by atoms with E-state index < -0.39 is 12.1 Å². The molecule has 0 spiro atoms. The number of carbonyl (C=O) groups is 1. The highest BCUT2D eigenvalue weighted by Crippen LogP contribution is 2.27. The van der Waals surface area contributed by atoms with Gasteiger partial charge in [-0.2, -0.15) is 0 Å². The summed E-state index contributed by atoms with van der Waals surface area (Å²) < 4.78 is 13.1. The number of nitrogens with zero attached hydrogens (tertiary/aromatic N) is 3. The minimum Gasteiger partial charge on any atom is -0.478 e. The lowest BCUT2D eigenvalue weighted by Crippen LogP contribution is -2.22. The minimum absolute atomic E-state index is 0.0000926. The van der Waals surface area contributed by atoms with Crippen molar-refractivity contribution in [2.75, 3.05) is 18.0 Å². The molecule has 1 aliphatic heterocycles. The van der Waals surface area contributed by atoms with Crippen molar-refractivity contribution in [2.45, 2.75) is 12.6 Å². The molecule has 1 atom stereocenters. The average Bonchev–Trinajstić information content (AvgIpc) is 2.75. The van der Waals surface area contributed by atoms with Gasteiger partial charge < -0.3 is 14.9 Å². The fraction of sp³-hybridized carbons (Fsp3) is 0.364. The van der Waals surface area contributed by atoms with E-state index in [1.807, 2.05) is 0 Å². The van der Waals surface area contributed by atoms with Crippen LogP contribution < -0.4 is 4.90 Å². The van der Waals surface area contributed by atoms with Gasteiger partial charge in [0.2, 0.25) is 0 Å². The van der Waals surface area contributed by atoms with Crippen molar-refractivity contribution in [2.24, 2.45) is 0 Å². The second-order valence-corrected chi connectivity index (χ2v) is 3.81. The molecule has 0 radical (unpaired) electrons. The predicted octanol–water partition coefficient (Wildman–Crippen LogP) is 1.88. The molecule has 1 N–H and O–H groups in total. The van der Waals surface area contributed by atoms with E-state index in [1.165, 1.54) is 12.3 Å². The number of aromatic carboxylic acids is 1. The smallest absolute Gasteiger partial charge is 0.336 e. The van der Waals surface area contributed by atoms with Crippen molar-refractivity contribution in [1.29, 1.82) is 0 Å². The Morgan fingerprint density at radius 2 is 2.47 bits per heavy atom. The number of alkyl halides is 1. The van der Waals surface area contributed by atoms with Crippen LogP contribution in [0.2, 0.25) is 0 Å². The highest BCUT2D eigenvalue weighted by Gasteiger charge is 2.26. The van der Waals surface area contributed by atoms with Gasteiger partial charge in [-0.15, -0.1) is 4.98 Å². The van der Waals surface area contributed by atoms with Gasteiger partial charge in [0.25, 0.3) is 5.82 Å². The van der Waals surface area contributed by atoms with E-state index in [-0.39, 0.29) is 17.9 Å². The summed E-state index contributed by atoms with van der Waals surface area (Å²) in [6.45, 7) is 7.44. The zero-order valence-corrected chi connectivity index (χ0v) is 8.93. The van der Waals surface area contributed by atoms with Crippen molar-refractivity contribution < 1.29 is 14.3 Å². The van der Waals surface area contributed by atoms with Crippen LogP contribution in [0.1, 0.15) is 16.8 Å². The van der Waals surface area contributed by atoms with Gasteiger partial charge in [-0.3, -0.25) is 0 Å². The molecular formula is C11H10FN3O2. The van der Waals surface area contributed by atoms with Crippen molar-refractivity contribution in [3.05, 3.63) is 29.2 Å². The second kappa shape index (κ2) is 4.37. The number of hydrogen-bond acceptors (Lipinski definition) is 3. The molecule has 0 amide bonds. The largest absolute Gasteiger partial charge is 0.478 e. The number of aromatic nitrogens is 1. The van der Waals surface area contributed by atoms with Gasteiger partial charge in [0.15, 0.2) is 0 Å². The highest BCUT2D eigenvalue weighted by molar-refractivity contribution is 5.95. The summed E-state index contributed by atoms with van der Waals surface area (Å²) in [5.41, 5.74) is 0.380. The molecule has 0 aromatic carbocycles. The molecule has 0 aliphatic carbocycles. The maximum Gasteiger partial charge on any atom is 0.336 e. The molecule has 88 valence electrons. The van der Waals surface area contributed by atoms with Crippen LogP contribution in [0.5, 0.6) is 0 Å². The van der Waals surface area contributed by atoms with E-state index in [4.69, 9.17) is 11.7 Å². The van der Waals surface area contributed by atoms with Gasteiger partial charge in [-0.1, -0.05) is 6.57 Å². The summed E-state index contributed by atoms with van der Waals surface area (Å²) in [7, 11) is 0. The van der Waals surface area contributed by atoms with Crippen LogP contribution in [0, 0.1) is 6.57 Å². The molecular weight excluding hydrogens is 225 g/mol. The number of pyridine rings is 1. The van der Waals surface area contributed by atoms with E-state index in [2.05, 4.69) is 9.83 Å². The molecule has 17 heavy (non-hydrogen) atoms. The summed E-state index contributed by atoms with van der Waals surface area (Å²) >= 11 is 0. The third-order valence-corrected chi connectivity index (χ3v) is 2.68. The van der Waals surface area contributed by atoms with Crippen molar-refractivity contribution in [3.63, 3.8) is 0 Å². The lowest BCUT2D eigenvalue weighted by atomic mass is 10.2. The zero-order valence-electron chi connectivity index (χ0n) is 8.93. The first kappa shape index (κ1) is 11.3. The van der Waals surface area contributed by atoms with Crippen LogP contribution in [0.4, 0.5) is 15.9 Å². The first-order chi connectivity index (χ1) is 8.11. The Morgan fingerprint density at radius 3 is 3.00 bits per heavy atom. The topological polar surface area (TPSA) is 57.8 Å². The standard InChI is InChI=1S/C11H10FN3O2/c1-13-10-4-8(11(16)17)9(5-14-10)15-3-2-7(12)6-15/h4-5,7H,2-3,6H2,(H,16,17). The number of carboxylic acid groups (broad SMARTS) is 1.